The average molecular weight is 219 g/mol. The van der Waals surface area contributed by atoms with Gasteiger partial charge in [-0.1, -0.05) is 13.0 Å². The number of H-pyrrole nitrogens is 1. The molecule has 2 aromatic rings. The van der Waals surface area contributed by atoms with Crippen LogP contribution in [0.15, 0.2) is 17.5 Å². The lowest BCUT2D eigenvalue weighted by molar-refractivity contribution is 0.624. The number of hydrogen-bond donors (Lipinski definition) is 1. The third-order valence-electron chi connectivity index (χ3n) is 3.00. The minimum Gasteiger partial charge on any atom is -0.262 e. The highest BCUT2D eigenvalue weighted by atomic mass is 32.1. The second kappa shape index (κ2) is 3.45. The first-order valence-electron chi connectivity index (χ1n) is 5.31. The second-order valence-corrected chi connectivity index (χ2v) is 5.10. The molecule has 4 heteroatoms. The first-order valence-corrected chi connectivity index (χ1v) is 6.19. The molecule has 0 amide bonds. The number of aromatic amines is 1. The normalized spacial score (nSPS) is 17.9. The zero-order chi connectivity index (χ0) is 10.3. The van der Waals surface area contributed by atoms with E-state index in [4.69, 9.17) is 0 Å². The molecule has 2 heterocycles. The zero-order valence-corrected chi connectivity index (χ0v) is 9.42. The molecular weight excluding hydrogens is 206 g/mol. The summed E-state index contributed by atoms with van der Waals surface area (Å²) in [6, 6.07) is 4.08. The van der Waals surface area contributed by atoms with Crippen LogP contribution >= 0.6 is 11.3 Å². The van der Waals surface area contributed by atoms with Crippen molar-refractivity contribution in [2.45, 2.75) is 25.7 Å². The Morgan fingerprint density at radius 3 is 3.07 bits per heavy atom. The van der Waals surface area contributed by atoms with Crippen LogP contribution in [0.4, 0.5) is 0 Å². The van der Waals surface area contributed by atoms with E-state index in [-0.39, 0.29) is 0 Å². The van der Waals surface area contributed by atoms with E-state index in [0.29, 0.717) is 5.92 Å². The average Bonchev–Trinajstić information content (AvgIpc) is 2.80. The number of rotatable bonds is 3. The van der Waals surface area contributed by atoms with Crippen LogP contribution in [0.3, 0.4) is 0 Å². The standard InChI is InChI=1S/C11H13N3S/c1-7(8-4-5-8)10-12-11(14-13-10)9-3-2-6-15-9/h2-3,6-8H,4-5H2,1H3,(H,12,13,14). The fourth-order valence-electron chi connectivity index (χ4n) is 1.81. The molecule has 15 heavy (non-hydrogen) atoms. The van der Waals surface area contributed by atoms with Gasteiger partial charge in [-0.2, -0.15) is 5.10 Å². The van der Waals surface area contributed by atoms with E-state index in [0.717, 1.165) is 22.4 Å². The molecule has 0 bridgehead atoms. The SMILES string of the molecule is CC(c1nc(-c2cccs2)n[nH]1)C1CC1. The lowest BCUT2D eigenvalue weighted by Crippen LogP contribution is -1.97. The van der Waals surface area contributed by atoms with E-state index >= 15 is 0 Å². The third-order valence-corrected chi connectivity index (χ3v) is 3.87. The summed E-state index contributed by atoms with van der Waals surface area (Å²) in [6.45, 7) is 2.23. The third kappa shape index (κ3) is 1.69. The van der Waals surface area contributed by atoms with Gasteiger partial charge in [-0.05, 0) is 30.2 Å². The van der Waals surface area contributed by atoms with Gasteiger partial charge in [0.05, 0.1) is 4.88 Å². The summed E-state index contributed by atoms with van der Waals surface area (Å²) >= 11 is 1.68. The maximum absolute atomic E-state index is 4.56. The second-order valence-electron chi connectivity index (χ2n) is 4.15. The smallest absolute Gasteiger partial charge is 0.191 e. The quantitative estimate of drug-likeness (QED) is 0.862. The maximum Gasteiger partial charge on any atom is 0.191 e. The molecule has 1 aliphatic rings. The number of hydrogen-bond acceptors (Lipinski definition) is 3. The van der Waals surface area contributed by atoms with E-state index in [1.165, 1.54) is 12.8 Å². The molecule has 1 aliphatic carbocycles. The number of nitrogens with zero attached hydrogens (tertiary/aromatic N) is 2. The molecule has 0 spiro atoms. The first-order chi connectivity index (χ1) is 7.34. The molecule has 0 aliphatic heterocycles. The molecule has 0 radical (unpaired) electrons. The van der Waals surface area contributed by atoms with E-state index < -0.39 is 0 Å². The van der Waals surface area contributed by atoms with Crippen LogP contribution in [0.5, 0.6) is 0 Å². The van der Waals surface area contributed by atoms with E-state index in [2.05, 4.69) is 33.6 Å². The van der Waals surface area contributed by atoms with Crippen LogP contribution in [-0.4, -0.2) is 15.2 Å². The van der Waals surface area contributed by atoms with Gasteiger partial charge in [0.1, 0.15) is 5.82 Å². The van der Waals surface area contributed by atoms with Gasteiger partial charge in [0, 0.05) is 5.92 Å². The summed E-state index contributed by atoms with van der Waals surface area (Å²) in [5, 5.41) is 9.38. The number of nitrogens with one attached hydrogen (secondary N) is 1. The lowest BCUT2D eigenvalue weighted by Gasteiger charge is -2.03. The molecule has 0 aromatic carbocycles. The minimum atomic E-state index is 0.534. The molecule has 1 fully saturated rings. The van der Waals surface area contributed by atoms with Crippen molar-refractivity contribution >= 4 is 11.3 Å². The first kappa shape index (κ1) is 9.09. The summed E-state index contributed by atoms with van der Waals surface area (Å²) in [5.41, 5.74) is 0. The molecule has 3 rings (SSSR count). The minimum absolute atomic E-state index is 0.534. The van der Waals surface area contributed by atoms with Gasteiger partial charge in [0.15, 0.2) is 5.82 Å². The van der Waals surface area contributed by atoms with Crippen LogP contribution in [-0.2, 0) is 0 Å². The van der Waals surface area contributed by atoms with Gasteiger partial charge in [0.2, 0.25) is 0 Å². The van der Waals surface area contributed by atoms with Crippen molar-refractivity contribution in [3.8, 4) is 10.7 Å². The Hall–Kier alpha value is -1.16. The van der Waals surface area contributed by atoms with Crippen molar-refractivity contribution in [2.75, 3.05) is 0 Å². The van der Waals surface area contributed by atoms with Crippen molar-refractivity contribution < 1.29 is 0 Å². The highest BCUT2D eigenvalue weighted by molar-refractivity contribution is 7.13. The van der Waals surface area contributed by atoms with Crippen molar-refractivity contribution in [1.29, 1.82) is 0 Å². The Morgan fingerprint density at radius 1 is 1.53 bits per heavy atom. The van der Waals surface area contributed by atoms with Gasteiger partial charge in [-0.25, -0.2) is 4.98 Å². The molecule has 78 valence electrons. The zero-order valence-electron chi connectivity index (χ0n) is 8.60. The number of thiophene rings is 1. The number of aromatic nitrogens is 3. The summed E-state index contributed by atoms with van der Waals surface area (Å²) in [5.74, 6) is 3.24. The predicted molar refractivity (Wildman–Crippen MR) is 60.8 cm³/mol. The summed E-state index contributed by atoms with van der Waals surface area (Å²) < 4.78 is 0. The van der Waals surface area contributed by atoms with Gasteiger partial charge >= 0.3 is 0 Å². The van der Waals surface area contributed by atoms with Crippen LogP contribution in [0.2, 0.25) is 0 Å². The molecular formula is C11H13N3S. The molecule has 1 N–H and O–H groups in total. The van der Waals surface area contributed by atoms with Crippen molar-refractivity contribution in [3.05, 3.63) is 23.3 Å². The van der Waals surface area contributed by atoms with Crippen molar-refractivity contribution in [2.24, 2.45) is 5.92 Å². The van der Waals surface area contributed by atoms with E-state index in [1.807, 2.05) is 6.07 Å². The summed E-state index contributed by atoms with van der Waals surface area (Å²) in [7, 11) is 0. The van der Waals surface area contributed by atoms with Crippen molar-refractivity contribution in [3.63, 3.8) is 0 Å². The molecule has 1 unspecified atom stereocenters. The summed E-state index contributed by atoms with van der Waals surface area (Å²) in [4.78, 5) is 5.70. The Balaban J connectivity index is 1.87. The Kier molecular flexibility index (Phi) is 2.09. The van der Waals surface area contributed by atoms with Crippen LogP contribution < -0.4 is 0 Å². The molecule has 2 aromatic heterocycles. The summed E-state index contributed by atoms with van der Waals surface area (Å²) in [6.07, 6.45) is 2.69. The molecule has 0 saturated heterocycles. The van der Waals surface area contributed by atoms with Gasteiger partial charge in [-0.15, -0.1) is 11.3 Å². The lowest BCUT2D eigenvalue weighted by atomic mass is 10.1. The molecule has 1 atom stereocenters. The maximum atomic E-state index is 4.56. The van der Waals surface area contributed by atoms with E-state index in [1.54, 1.807) is 11.3 Å². The fourth-order valence-corrected chi connectivity index (χ4v) is 2.47. The van der Waals surface area contributed by atoms with Crippen LogP contribution in [0.1, 0.15) is 31.5 Å². The highest BCUT2D eigenvalue weighted by Crippen LogP contribution is 2.41. The van der Waals surface area contributed by atoms with E-state index in [9.17, 15) is 0 Å². The fraction of sp³-hybridized carbons (Fsp3) is 0.455. The Labute approximate surface area is 92.6 Å². The Bertz CT molecular complexity index is 442. The highest BCUT2D eigenvalue weighted by Gasteiger charge is 2.31. The largest absolute Gasteiger partial charge is 0.262 e. The van der Waals surface area contributed by atoms with Crippen molar-refractivity contribution in [1.82, 2.24) is 15.2 Å². The topological polar surface area (TPSA) is 41.6 Å². The monoisotopic (exact) mass is 219 g/mol. The van der Waals surface area contributed by atoms with Crippen LogP contribution in [0.25, 0.3) is 10.7 Å². The molecule has 3 nitrogen and oxygen atoms in total. The Morgan fingerprint density at radius 2 is 2.40 bits per heavy atom. The van der Waals surface area contributed by atoms with Crippen LogP contribution in [0, 0.1) is 5.92 Å². The van der Waals surface area contributed by atoms with Gasteiger partial charge in [0.25, 0.3) is 0 Å². The molecule has 1 saturated carbocycles. The van der Waals surface area contributed by atoms with Gasteiger partial charge < -0.3 is 0 Å². The predicted octanol–water partition coefficient (Wildman–Crippen LogP) is 3.05. The van der Waals surface area contributed by atoms with Gasteiger partial charge in [-0.3, -0.25) is 5.10 Å².